The van der Waals surface area contributed by atoms with Crippen molar-refractivity contribution in [1.29, 1.82) is 0 Å². The quantitative estimate of drug-likeness (QED) is 0.651. The summed E-state index contributed by atoms with van der Waals surface area (Å²) in [6.45, 7) is 4.85. The van der Waals surface area contributed by atoms with Gasteiger partial charge in [0.1, 0.15) is 0 Å². The molecule has 4 atom stereocenters. The van der Waals surface area contributed by atoms with E-state index in [2.05, 4.69) is 10.2 Å². The molecule has 1 aliphatic carbocycles. The Hall–Kier alpha value is -0.890. The Morgan fingerprint density at radius 3 is 2.66 bits per heavy atom. The summed E-state index contributed by atoms with van der Waals surface area (Å²) in [5.74, 6) is -0.0152. The van der Waals surface area contributed by atoms with E-state index in [1.807, 2.05) is 17.9 Å². The predicted octanol–water partition coefficient (Wildman–Crippen LogP) is 2.06. The Balaban J connectivity index is 1.57. The second-order valence-electron chi connectivity index (χ2n) is 8.77. The number of piperazine rings is 1. The van der Waals surface area contributed by atoms with Crippen LogP contribution in [0.4, 0.5) is 0 Å². The summed E-state index contributed by atoms with van der Waals surface area (Å²) in [7, 11) is 0. The van der Waals surface area contributed by atoms with Crippen molar-refractivity contribution in [3.8, 4) is 0 Å². The molecule has 3 N–H and O–H groups in total. The maximum absolute atomic E-state index is 12.0. The average Bonchev–Trinajstić information content (AvgIpc) is 3.46. The van der Waals surface area contributed by atoms with Crippen LogP contribution in [-0.4, -0.2) is 76.9 Å². The van der Waals surface area contributed by atoms with Gasteiger partial charge >= 0.3 is 0 Å². The molecule has 2 heterocycles. The van der Waals surface area contributed by atoms with E-state index in [4.69, 9.17) is 23.2 Å². The number of halogens is 2. The molecule has 160 valence electrons. The van der Waals surface area contributed by atoms with E-state index in [9.17, 15) is 15.0 Å². The number of aliphatic hydroxyl groups excluding tert-OH is 2. The lowest BCUT2D eigenvalue weighted by Gasteiger charge is -2.44. The minimum Gasteiger partial charge on any atom is -0.391 e. The van der Waals surface area contributed by atoms with Crippen molar-refractivity contribution in [3.63, 3.8) is 0 Å². The number of carbonyl (C=O) groups excluding carboxylic acids is 1. The van der Waals surface area contributed by atoms with Gasteiger partial charge in [-0.15, -0.1) is 0 Å². The van der Waals surface area contributed by atoms with E-state index in [0.29, 0.717) is 36.2 Å². The van der Waals surface area contributed by atoms with Crippen LogP contribution in [0.2, 0.25) is 10.0 Å². The number of hydrogen-bond donors (Lipinski definition) is 3. The highest BCUT2D eigenvalue weighted by Gasteiger charge is 2.52. The molecule has 3 unspecified atom stereocenters. The molecule has 29 heavy (non-hydrogen) atoms. The molecule has 3 fully saturated rings. The van der Waals surface area contributed by atoms with E-state index in [1.54, 1.807) is 12.1 Å². The van der Waals surface area contributed by atoms with Crippen molar-refractivity contribution >= 4 is 29.1 Å². The smallest absolute Gasteiger partial charge is 0.237 e. The van der Waals surface area contributed by atoms with Gasteiger partial charge in [0.2, 0.25) is 5.91 Å². The van der Waals surface area contributed by atoms with Crippen LogP contribution >= 0.6 is 23.2 Å². The van der Waals surface area contributed by atoms with Gasteiger partial charge in [0.15, 0.2) is 0 Å². The number of β-amino-alcohol motifs (C(OH)–C–C–N with tert-alkyl or cyclic N) is 2. The van der Waals surface area contributed by atoms with E-state index < -0.39 is 6.10 Å². The first kappa shape index (κ1) is 21.3. The van der Waals surface area contributed by atoms with E-state index >= 15 is 0 Å². The Labute approximate surface area is 181 Å². The molecule has 6 nitrogen and oxygen atoms in total. The van der Waals surface area contributed by atoms with Gasteiger partial charge in [-0.3, -0.25) is 14.6 Å². The SMILES string of the molecule is CC1C(=O)NCCN1CC(O)C(c1ccc(Cl)c(Cl)c1)N1CCC2(CC2)[C@H](O)C1. The number of likely N-dealkylation sites (tertiary alicyclic amines) is 1. The van der Waals surface area contributed by atoms with E-state index in [1.165, 1.54) is 0 Å². The van der Waals surface area contributed by atoms with Crippen LogP contribution in [0.3, 0.4) is 0 Å². The minimum atomic E-state index is -0.735. The van der Waals surface area contributed by atoms with Crippen molar-refractivity contribution < 1.29 is 15.0 Å². The van der Waals surface area contributed by atoms with Gasteiger partial charge < -0.3 is 15.5 Å². The number of rotatable bonds is 5. The summed E-state index contributed by atoms with van der Waals surface area (Å²) in [6, 6.07) is 4.83. The van der Waals surface area contributed by atoms with Crippen LogP contribution in [0.1, 0.15) is 37.8 Å². The number of amides is 1. The lowest BCUT2D eigenvalue weighted by atomic mass is 9.87. The first-order chi connectivity index (χ1) is 13.8. The molecule has 8 heteroatoms. The van der Waals surface area contributed by atoms with E-state index in [-0.39, 0.29) is 29.5 Å². The number of hydrogen-bond acceptors (Lipinski definition) is 5. The van der Waals surface area contributed by atoms with Crippen LogP contribution < -0.4 is 5.32 Å². The van der Waals surface area contributed by atoms with Gasteiger partial charge in [-0.1, -0.05) is 29.3 Å². The van der Waals surface area contributed by atoms with Gasteiger partial charge in [-0.25, -0.2) is 0 Å². The normalized spacial score (nSPS) is 29.5. The Morgan fingerprint density at radius 1 is 1.24 bits per heavy atom. The molecular formula is C21H29Cl2N3O3. The second kappa shape index (κ2) is 8.33. The van der Waals surface area contributed by atoms with Gasteiger partial charge in [-0.05, 0) is 55.8 Å². The fourth-order valence-corrected chi connectivity index (χ4v) is 5.13. The summed E-state index contributed by atoms with van der Waals surface area (Å²) in [5.41, 5.74) is 0.961. The maximum Gasteiger partial charge on any atom is 0.237 e. The van der Waals surface area contributed by atoms with Gasteiger partial charge in [0, 0.05) is 26.2 Å². The van der Waals surface area contributed by atoms with Crippen LogP contribution in [0.15, 0.2) is 18.2 Å². The standard InChI is InChI=1S/C21H29Cl2N3O3/c1-13-20(29)24-7-9-25(13)11-17(27)19(14-2-3-15(22)16(23)10-14)26-8-6-21(4-5-21)18(28)12-26/h2-3,10,13,17-19,27-28H,4-9,11-12H2,1H3,(H,24,29)/t13?,17?,18-,19?/m1/s1. The summed E-state index contributed by atoms with van der Waals surface area (Å²) in [5, 5.41) is 25.8. The number of aliphatic hydroxyl groups is 2. The molecule has 3 aliphatic rings. The number of carbonyl (C=O) groups is 1. The number of piperidine rings is 1. The zero-order valence-corrected chi connectivity index (χ0v) is 18.2. The van der Waals surface area contributed by atoms with Crippen molar-refractivity contribution in [2.75, 3.05) is 32.7 Å². The van der Waals surface area contributed by atoms with Gasteiger partial charge in [0.25, 0.3) is 0 Å². The molecule has 2 aliphatic heterocycles. The van der Waals surface area contributed by atoms with Crippen LogP contribution in [0.25, 0.3) is 0 Å². The highest BCUT2D eigenvalue weighted by atomic mass is 35.5. The summed E-state index contributed by atoms with van der Waals surface area (Å²) < 4.78 is 0. The second-order valence-corrected chi connectivity index (χ2v) is 9.59. The maximum atomic E-state index is 12.0. The zero-order chi connectivity index (χ0) is 20.8. The summed E-state index contributed by atoms with van der Waals surface area (Å²) in [4.78, 5) is 16.2. The first-order valence-electron chi connectivity index (χ1n) is 10.4. The number of nitrogens with zero attached hydrogens (tertiary/aromatic N) is 2. The summed E-state index contributed by atoms with van der Waals surface area (Å²) in [6.07, 6.45) is 1.99. The first-order valence-corrected chi connectivity index (χ1v) is 11.1. The fourth-order valence-electron chi connectivity index (χ4n) is 4.83. The molecule has 1 amide bonds. The molecule has 1 spiro atoms. The third-order valence-corrected chi connectivity index (χ3v) is 7.73. The molecule has 4 rings (SSSR count). The van der Waals surface area contributed by atoms with Crippen LogP contribution in [-0.2, 0) is 4.79 Å². The Bertz CT molecular complexity index is 774. The van der Waals surface area contributed by atoms with Crippen LogP contribution in [0.5, 0.6) is 0 Å². The largest absolute Gasteiger partial charge is 0.391 e. The van der Waals surface area contributed by atoms with Crippen molar-refractivity contribution in [2.45, 2.75) is 50.5 Å². The molecule has 1 aromatic carbocycles. The molecule has 2 saturated heterocycles. The molecule has 0 bridgehead atoms. The van der Waals surface area contributed by atoms with Crippen molar-refractivity contribution in [3.05, 3.63) is 33.8 Å². The highest BCUT2D eigenvalue weighted by Crippen LogP contribution is 2.54. The molecule has 0 aromatic heterocycles. The predicted molar refractivity (Wildman–Crippen MR) is 113 cm³/mol. The van der Waals surface area contributed by atoms with Crippen molar-refractivity contribution in [2.24, 2.45) is 5.41 Å². The molecule has 0 radical (unpaired) electrons. The number of nitrogens with one attached hydrogen (secondary N) is 1. The third-order valence-electron chi connectivity index (χ3n) is 6.99. The zero-order valence-electron chi connectivity index (χ0n) is 16.7. The Morgan fingerprint density at radius 2 is 2.00 bits per heavy atom. The minimum absolute atomic E-state index is 0.0152. The lowest BCUT2D eigenvalue weighted by molar-refractivity contribution is -0.129. The number of benzene rings is 1. The average molecular weight is 442 g/mol. The van der Waals surface area contributed by atoms with Gasteiger partial charge in [-0.2, -0.15) is 0 Å². The fraction of sp³-hybridized carbons (Fsp3) is 0.667. The molecular weight excluding hydrogens is 413 g/mol. The molecule has 1 saturated carbocycles. The lowest BCUT2D eigenvalue weighted by Crippen LogP contribution is -2.57. The Kier molecular flexibility index (Phi) is 6.13. The topological polar surface area (TPSA) is 76.0 Å². The van der Waals surface area contributed by atoms with Crippen molar-refractivity contribution in [1.82, 2.24) is 15.1 Å². The van der Waals surface area contributed by atoms with Crippen LogP contribution in [0, 0.1) is 5.41 Å². The third kappa shape index (κ3) is 4.29. The summed E-state index contributed by atoms with van der Waals surface area (Å²) >= 11 is 12.4. The van der Waals surface area contributed by atoms with Gasteiger partial charge in [0.05, 0.1) is 34.3 Å². The van der Waals surface area contributed by atoms with E-state index in [0.717, 1.165) is 31.4 Å². The monoisotopic (exact) mass is 441 g/mol. The molecule has 1 aromatic rings. The highest BCUT2D eigenvalue weighted by molar-refractivity contribution is 6.42.